The van der Waals surface area contributed by atoms with E-state index in [4.69, 9.17) is 27.9 Å². The summed E-state index contributed by atoms with van der Waals surface area (Å²) in [5.41, 5.74) is 3.34. The average Bonchev–Trinajstić information content (AvgIpc) is 2.90. The Morgan fingerprint density at radius 2 is 2.00 bits per heavy atom. The first-order chi connectivity index (χ1) is 9.63. The third kappa shape index (κ3) is 2.72. The maximum Gasteiger partial charge on any atom is 0.122 e. The Hall–Kier alpha value is -1.38. The van der Waals surface area contributed by atoms with Gasteiger partial charge in [0.1, 0.15) is 5.75 Å². The van der Waals surface area contributed by atoms with Crippen LogP contribution in [-0.2, 0) is 6.42 Å². The lowest BCUT2D eigenvalue weighted by atomic mass is 10.0. The number of halogens is 2. The molecule has 1 unspecified atom stereocenters. The van der Waals surface area contributed by atoms with E-state index in [9.17, 15) is 0 Å². The second-order valence-electron chi connectivity index (χ2n) is 4.96. The van der Waals surface area contributed by atoms with Crippen molar-refractivity contribution < 1.29 is 4.74 Å². The third-order valence-corrected chi connectivity index (χ3v) is 4.08. The summed E-state index contributed by atoms with van der Waals surface area (Å²) in [6.07, 6.45) is 0.980. The highest BCUT2D eigenvalue weighted by molar-refractivity contribution is 6.35. The van der Waals surface area contributed by atoms with E-state index in [1.165, 1.54) is 11.1 Å². The Bertz CT molecular complexity index is 642. The van der Waals surface area contributed by atoms with Gasteiger partial charge in [-0.3, -0.25) is 0 Å². The first kappa shape index (κ1) is 13.6. The number of nitrogens with one attached hydrogen (secondary N) is 1. The molecule has 1 aliphatic heterocycles. The molecule has 1 aliphatic rings. The maximum atomic E-state index is 6.18. The van der Waals surface area contributed by atoms with Crippen molar-refractivity contribution in [2.45, 2.75) is 19.4 Å². The zero-order valence-corrected chi connectivity index (χ0v) is 12.6. The summed E-state index contributed by atoms with van der Waals surface area (Å²) in [6, 6.07) is 11.9. The van der Waals surface area contributed by atoms with Gasteiger partial charge in [0.2, 0.25) is 0 Å². The van der Waals surface area contributed by atoms with Crippen LogP contribution in [0.5, 0.6) is 5.75 Å². The molecule has 0 spiro atoms. The molecule has 2 aromatic carbocycles. The molecule has 3 rings (SSSR count). The van der Waals surface area contributed by atoms with Crippen molar-refractivity contribution in [3.05, 3.63) is 57.6 Å². The minimum Gasteiger partial charge on any atom is -0.493 e. The van der Waals surface area contributed by atoms with Crippen LogP contribution in [0.2, 0.25) is 10.0 Å². The fraction of sp³-hybridized carbons (Fsp3) is 0.250. The highest BCUT2D eigenvalue weighted by Crippen LogP contribution is 2.32. The molecule has 4 heteroatoms. The largest absolute Gasteiger partial charge is 0.493 e. The van der Waals surface area contributed by atoms with Crippen LogP contribution in [-0.4, -0.2) is 6.61 Å². The second-order valence-corrected chi connectivity index (χ2v) is 5.80. The monoisotopic (exact) mass is 307 g/mol. The van der Waals surface area contributed by atoms with Gasteiger partial charge in [-0.1, -0.05) is 29.3 Å². The molecule has 0 bridgehead atoms. The SMILES string of the molecule is CC(Nc1cc(Cl)ccc1Cl)c1ccc2c(c1)CCO2. The molecule has 1 atom stereocenters. The van der Waals surface area contributed by atoms with Crippen molar-refractivity contribution in [1.29, 1.82) is 0 Å². The number of ether oxygens (including phenoxy) is 1. The lowest BCUT2D eigenvalue weighted by molar-refractivity contribution is 0.357. The first-order valence-corrected chi connectivity index (χ1v) is 7.36. The fourth-order valence-electron chi connectivity index (χ4n) is 2.40. The number of hydrogen-bond donors (Lipinski definition) is 1. The van der Waals surface area contributed by atoms with Crippen LogP contribution in [0.3, 0.4) is 0 Å². The molecule has 0 saturated heterocycles. The summed E-state index contributed by atoms with van der Waals surface area (Å²) in [4.78, 5) is 0. The topological polar surface area (TPSA) is 21.3 Å². The summed E-state index contributed by atoms with van der Waals surface area (Å²) in [6.45, 7) is 2.88. The molecule has 0 saturated carbocycles. The summed E-state index contributed by atoms with van der Waals surface area (Å²) in [5, 5.41) is 4.75. The van der Waals surface area contributed by atoms with Crippen LogP contribution in [0, 0.1) is 0 Å². The molecule has 0 amide bonds. The quantitative estimate of drug-likeness (QED) is 0.851. The van der Waals surface area contributed by atoms with E-state index in [1.807, 2.05) is 12.1 Å². The molecule has 2 aromatic rings. The standard InChI is InChI=1S/C16H15Cl2NO/c1-10(19-15-9-13(17)3-4-14(15)18)11-2-5-16-12(8-11)6-7-20-16/h2-5,8-10,19H,6-7H2,1H3. The van der Waals surface area contributed by atoms with Gasteiger partial charge in [-0.15, -0.1) is 0 Å². The lowest BCUT2D eigenvalue weighted by Gasteiger charge is -2.17. The molecular formula is C16H15Cl2NO. The van der Waals surface area contributed by atoms with Crippen LogP contribution in [0.15, 0.2) is 36.4 Å². The van der Waals surface area contributed by atoms with Gasteiger partial charge < -0.3 is 10.1 Å². The molecule has 0 radical (unpaired) electrons. The van der Waals surface area contributed by atoms with E-state index in [0.717, 1.165) is 24.5 Å². The maximum absolute atomic E-state index is 6.18. The van der Waals surface area contributed by atoms with Crippen LogP contribution in [0.25, 0.3) is 0 Å². The van der Waals surface area contributed by atoms with Crippen LogP contribution in [0.1, 0.15) is 24.1 Å². The summed E-state index contributed by atoms with van der Waals surface area (Å²) in [5.74, 6) is 1.00. The minimum absolute atomic E-state index is 0.150. The molecule has 1 heterocycles. The van der Waals surface area contributed by atoms with Gasteiger partial charge in [0.15, 0.2) is 0 Å². The number of hydrogen-bond acceptors (Lipinski definition) is 2. The van der Waals surface area contributed by atoms with Crippen molar-refractivity contribution in [1.82, 2.24) is 0 Å². The fourth-order valence-corrected chi connectivity index (χ4v) is 2.74. The zero-order valence-electron chi connectivity index (χ0n) is 11.1. The number of anilines is 1. The summed E-state index contributed by atoms with van der Waals surface area (Å²) < 4.78 is 5.53. The van der Waals surface area contributed by atoms with Crippen LogP contribution < -0.4 is 10.1 Å². The number of fused-ring (bicyclic) bond motifs is 1. The van der Waals surface area contributed by atoms with E-state index in [1.54, 1.807) is 12.1 Å². The Balaban J connectivity index is 1.82. The molecule has 20 heavy (non-hydrogen) atoms. The van der Waals surface area contributed by atoms with Gasteiger partial charge in [-0.2, -0.15) is 0 Å². The van der Waals surface area contributed by atoms with E-state index >= 15 is 0 Å². The van der Waals surface area contributed by atoms with Gasteiger partial charge in [0.05, 0.1) is 17.3 Å². The van der Waals surface area contributed by atoms with Gasteiger partial charge in [0, 0.05) is 17.5 Å². The Kier molecular flexibility index (Phi) is 3.77. The molecule has 0 aliphatic carbocycles. The van der Waals surface area contributed by atoms with Gasteiger partial charge in [0.25, 0.3) is 0 Å². The van der Waals surface area contributed by atoms with Gasteiger partial charge >= 0.3 is 0 Å². The van der Waals surface area contributed by atoms with Crippen molar-refractivity contribution in [2.75, 3.05) is 11.9 Å². The van der Waals surface area contributed by atoms with Gasteiger partial charge in [-0.25, -0.2) is 0 Å². The third-order valence-electron chi connectivity index (χ3n) is 3.51. The zero-order chi connectivity index (χ0) is 14.1. The molecule has 0 fully saturated rings. The highest BCUT2D eigenvalue weighted by Gasteiger charge is 2.15. The van der Waals surface area contributed by atoms with Crippen LogP contribution >= 0.6 is 23.2 Å². The van der Waals surface area contributed by atoms with E-state index in [2.05, 4.69) is 24.4 Å². The molecule has 1 N–H and O–H groups in total. The normalized spacial score (nSPS) is 14.6. The molecule has 104 valence electrons. The smallest absolute Gasteiger partial charge is 0.122 e. The molecular weight excluding hydrogens is 293 g/mol. The van der Waals surface area contributed by atoms with Crippen molar-refractivity contribution >= 4 is 28.9 Å². The Morgan fingerprint density at radius 1 is 1.15 bits per heavy atom. The second kappa shape index (κ2) is 5.55. The van der Waals surface area contributed by atoms with Crippen LogP contribution in [0.4, 0.5) is 5.69 Å². The summed E-state index contributed by atoms with van der Waals surface area (Å²) >= 11 is 12.2. The van der Waals surface area contributed by atoms with Crippen molar-refractivity contribution in [3.8, 4) is 5.75 Å². The molecule has 2 nitrogen and oxygen atoms in total. The average molecular weight is 308 g/mol. The van der Waals surface area contributed by atoms with E-state index in [-0.39, 0.29) is 6.04 Å². The lowest BCUT2D eigenvalue weighted by Crippen LogP contribution is -2.07. The van der Waals surface area contributed by atoms with Crippen molar-refractivity contribution in [2.24, 2.45) is 0 Å². The molecule has 0 aromatic heterocycles. The van der Waals surface area contributed by atoms with E-state index < -0.39 is 0 Å². The summed E-state index contributed by atoms with van der Waals surface area (Å²) in [7, 11) is 0. The minimum atomic E-state index is 0.150. The van der Waals surface area contributed by atoms with E-state index in [0.29, 0.717) is 10.0 Å². The van der Waals surface area contributed by atoms with Gasteiger partial charge in [-0.05, 0) is 48.4 Å². The Morgan fingerprint density at radius 3 is 2.85 bits per heavy atom. The number of benzene rings is 2. The number of rotatable bonds is 3. The van der Waals surface area contributed by atoms with Crippen molar-refractivity contribution in [3.63, 3.8) is 0 Å². The first-order valence-electron chi connectivity index (χ1n) is 6.61. The highest BCUT2D eigenvalue weighted by atomic mass is 35.5. The predicted octanol–water partition coefficient (Wildman–Crippen LogP) is 5.10. The predicted molar refractivity (Wildman–Crippen MR) is 84.1 cm³/mol. The Labute approximate surface area is 128 Å².